The van der Waals surface area contributed by atoms with E-state index in [4.69, 9.17) is 0 Å². The van der Waals surface area contributed by atoms with Crippen LogP contribution in [0.5, 0.6) is 0 Å². The van der Waals surface area contributed by atoms with Gasteiger partial charge >= 0.3 is 0 Å². The first-order valence-corrected chi connectivity index (χ1v) is 14.6. The lowest BCUT2D eigenvalue weighted by molar-refractivity contribution is -0.0356. The van der Waals surface area contributed by atoms with Crippen LogP contribution >= 0.6 is 0 Å². The fourth-order valence-electron chi connectivity index (χ4n) is 8.17. The van der Waals surface area contributed by atoms with Gasteiger partial charge in [0.1, 0.15) is 0 Å². The zero-order valence-electron chi connectivity index (χ0n) is 22.0. The predicted octanol–water partition coefficient (Wildman–Crippen LogP) is 6.59. The molecular formula is C32H42N4. The van der Waals surface area contributed by atoms with Gasteiger partial charge in [0.25, 0.3) is 0 Å². The first kappa shape index (κ1) is 22.9. The molecule has 3 aliphatic carbocycles. The van der Waals surface area contributed by atoms with E-state index in [0.29, 0.717) is 18.1 Å². The summed E-state index contributed by atoms with van der Waals surface area (Å²) in [6.45, 7) is 8.39. The van der Waals surface area contributed by atoms with E-state index in [1.807, 2.05) is 0 Å². The Labute approximate surface area is 216 Å². The van der Waals surface area contributed by atoms with Gasteiger partial charge in [0.05, 0.1) is 6.04 Å². The summed E-state index contributed by atoms with van der Waals surface area (Å²) in [6.07, 6.45) is 9.36. The van der Waals surface area contributed by atoms with Crippen molar-refractivity contribution in [2.75, 3.05) is 25.0 Å². The number of anilines is 1. The van der Waals surface area contributed by atoms with E-state index in [9.17, 15) is 0 Å². The summed E-state index contributed by atoms with van der Waals surface area (Å²) in [5, 5.41) is 5.26. The Kier molecular flexibility index (Phi) is 5.86. The number of H-pyrrole nitrogens is 1. The van der Waals surface area contributed by atoms with Crippen LogP contribution in [-0.4, -0.2) is 52.5 Å². The van der Waals surface area contributed by atoms with Crippen LogP contribution in [0.4, 0.5) is 5.69 Å². The topological polar surface area (TPSA) is 34.3 Å². The van der Waals surface area contributed by atoms with Gasteiger partial charge < -0.3 is 15.2 Å². The molecule has 2 aliphatic heterocycles. The van der Waals surface area contributed by atoms with Crippen LogP contribution in [-0.2, 0) is 6.42 Å². The number of aromatic nitrogens is 1. The first-order chi connectivity index (χ1) is 17.7. The van der Waals surface area contributed by atoms with Gasteiger partial charge in [0.2, 0.25) is 0 Å². The maximum atomic E-state index is 3.91. The third-order valence-electron chi connectivity index (χ3n) is 9.91. The molecule has 3 saturated carbocycles. The predicted molar refractivity (Wildman–Crippen MR) is 150 cm³/mol. The van der Waals surface area contributed by atoms with Gasteiger partial charge in [-0.3, -0.25) is 4.90 Å². The molecule has 4 atom stereocenters. The van der Waals surface area contributed by atoms with E-state index in [-0.39, 0.29) is 0 Å². The van der Waals surface area contributed by atoms with Gasteiger partial charge in [0.15, 0.2) is 0 Å². The number of nitrogens with one attached hydrogen (secondary N) is 2. The molecule has 1 saturated heterocycles. The highest BCUT2D eigenvalue weighted by atomic mass is 15.2. The Morgan fingerprint density at radius 1 is 1.00 bits per heavy atom. The van der Waals surface area contributed by atoms with Crippen molar-refractivity contribution in [1.82, 2.24) is 14.8 Å². The molecule has 0 amide bonds. The minimum Gasteiger partial charge on any atom is -0.381 e. The van der Waals surface area contributed by atoms with Gasteiger partial charge in [-0.15, -0.1) is 0 Å². The van der Waals surface area contributed by atoms with Crippen LogP contribution in [0.15, 0.2) is 48.5 Å². The molecule has 2 aromatic carbocycles. The van der Waals surface area contributed by atoms with Crippen LogP contribution < -0.4 is 5.32 Å². The standard InChI is InChI=1S/C32H42N4/c1-3-15-35-16-14-26(20-35)33-25-11-9-23(10-12-25)32-31-28(27-6-4-5-7-29(27)34-31)17-21(2)36(32)30-13-8-22-18-24(30)19-22/h4-7,9-12,21-22,24,26,30,32-34H,3,8,13-20H2,1-2H3/t21-,22?,24?,26+,30-,32-/m1/s1. The molecule has 0 radical (unpaired) electrons. The number of hydrogen-bond donors (Lipinski definition) is 2. The van der Waals surface area contributed by atoms with E-state index >= 15 is 0 Å². The second-order valence-corrected chi connectivity index (χ2v) is 12.3. The highest BCUT2D eigenvalue weighted by Gasteiger charge is 2.48. The second kappa shape index (κ2) is 9.22. The summed E-state index contributed by atoms with van der Waals surface area (Å²) in [7, 11) is 0. The largest absolute Gasteiger partial charge is 0.381 e. The molecule has 190 valence electrons. The summed E-state index contributed by atoms with van der Waals surface area (Å²) in [4.78, 5) is 9.44. The quantitative estimate of drug-likeness (QED) is 0.416. The van der Waals surface area contributed by atoms with E-state index in [1.165, 1.54) is 86.0 Å². The van der Waals surface area contributed by atoms with Crippen molar-refractivity contribution < 1.29 is 0 Å². The third kappa shape index (κ3) is 3.88. The highest BCUT2D eigenvalue weighted by Crippen LogP contribution is 2.52. The molecule has 36 heavy (non-hydrogen) atoms. The normalized spacial score (nSPS) is 32.4. The number of para-hydroxylation sites is 1. The zero-order chi connectivity index (χ0) is 24.2. The number of nitrogens with zero attached hydrogens (tertiary/aromatic N) is 2. The molecule has 1 aromatic heterocycles. The molecule has 0 unspecified atom stereocenters. The lowest BCUT2D eigenvalue weighted by atomic mass is 9.61. The van der Waals surface area contributed by atoms with Crippen LogP contribution in [0.3, 0.4) is 0 Å². The number of fused-ring (bicyclic) bond motifs is 5. The van der Waals surface area contributed by atoms with Crippen molar-refractivity contribution in [2.45, 2.75) is 83.0 Å². The fraction of sp³-hybridized carbons (Fsp3) is 0.562. The first-order valence-electron chi connectivity index (χ1n) is 14.6. The average Bonchev–Trinajstić information content (AvgIpc) is 3.47. The van der Waals surface area contributed by atoms with Crippen molar-refractivity contribution in [3.8, 4) is 0 Å². The van der Waals surface area contributed by atoms with Gasteiger partial charge in [-0.05, 0) is 99.6 Å². The number of aromatic amines is 1. The fourth-order valence-corrected chi connectivity index (χ4v) is 8.17. The highest BCUT2D eigenvalue weighted by molar-refractivity contribution is 5.85. The Balaban J connectivity index is 1.21. The smallest absolute Gasteiger partial charge is 0.0762 e. The lowest BCUT2D eigenvalue weighted by Gasteiger charge is -2.55. The van der Waals surface area contributed by atoms with Crippen molar-refractivity contribution in [2.24, 2.45) is 11.8 Å². The Morgan fingerprint density at radius 2 is 1.83 bits per heavy atom. The molecule has 0 spiro atoms. The average molecular weight is 483 g/mol. The maximum absolute atomic E-state index is 3.91. The van der Waals surface area contributed by atoms with Crippen LogP contribution in [0, 0.1) is 11.8 Å². The number of hydrogen-bond acceptors (Lipinski definition) is 3. The van der Waals surface area contributed by atoms with Crippen molar-refractivity contribution in [3.05, 3.63) is 65.4 Å². The number of likely N-dealkylation sites (tertiary alicyclic amines) is 1. The SMILES string of the molecule is CCCN1CC[C@H](Nc2ccc([C@@H]3c4[nH]c5ccccc5c4C[C@@H](C)N3[C@@H]3CCC4CC3C4)cc2)C1. The second-order valence-electron chi connectivity index (χ2n) is 12.3. The van der Waals surface area contributed by atoms with Crippen LogP contribution in [0.2, 0.25) is 0 Å². The van der Waals surface area contributed by atoms with E-state index < -0.39 is 0 Å². The lowest BCUT2D eigenvalue weighted by Crippen LogP contribution is -2.56. The van der Waals surface area contributed by atoms with Gasteiger partial charge in [-0.1, -0.05) is 37.3 Å². The molecule has 8 rings (SSSR count). The van der Waals surface area contributed by atoms with E-state index in [1.54, 1.807) is 5.56 Å². The molecule has 3 heterocycles. The van der Waals surface area contributed by atoms with Crippen molar-refractivity contribution >= 4 is 16.6 Å². The summed E-state index contributed by atoms with van der Waals surface area (Å²) < 4.78 is 0. The molecule has 2 bridgehead atoms. The Hall–Kier alpha value is -2.30. The molecule has 3 aromatic rings. The zero-order valence-corrected chi connectivity index (χ0v) is 22.0. The molecule has 4 fully saturated rings. The molecule has 4 nitrogen and oxygen atoms in total. The van der Waals surface area contributed by atoms with Crippen LogP contribution in [0.1, 0.15) is 75.2 Å². The molecular weight excluding hydrogens is 440 g/mol. The third-order valence-corrected chi connectivity index (χ3v) is 9.91. The summed E-state index contributed by atoms with van der Waals surface area (Å²) in [6, 6.07) is 20.6. The summed E-state index contributed by atoms with van der Waals surface area (Å²) in [5.41, 5.74) is 7.01. The molecule has 4 heteroatoms. The van der Waals surface area contributed by atoms with Crippen molar-refractivity contribution in [1.29, 1.82) is 0 Å². The van der Waals surface area contributed by atoms with Crippen LogP contribution in [0.25, 0.3) is 10.9 Å². The Morgan fingerprint density at radius 3 is 2.61 bits per heavy atom. The van der Waals surface area contributed by atoms with Gasteiger partial charge in [-0.2, -0.15) is 0 Å². The minimum atomic E-state index is 0.318. The monoisotopic (exact) mass is 482 g/mol. The molecule has 5 aliphatic rings. The summed E-state index contributed by atoms with van der Waals surface area (Å²) >= 11 is 0. The Bertz CT molecular complexity index is 1200. The van der Waals surface area contributed by atoms with Crippen molar-refractivity contribution in [3.63, 3.8) is 0 Å². The minimum absolute atomic E-state index is 0.318. The number of benzene rings is 2. The number of rotatable bonds is 6. The van der Waals surface area contributed by atoms with Gasteiger partial charge in [0, 0.05) is 53.5 Å². The van der Waals surface area contributed by atoms with E-state index in [2.05, 4.69) is 82.5 Å². The summed E-state index contributed by atoms with van der Waals surface area (Å²) in [5.74, 6) is 1.91. The van der Waals surface area contributed by atoms with Gasteiger partial charge in [-0.25, -0.2) is 0 Å². The van der Waals surface area contributed by atoms with E-state index in [0.717, 1.165) is 24.3 Å². The maximum Gasteiger partial charge on any atom is 0.0762 e. The molecule has 2 N–H and O–H groups in total.